The first-order chi connectivity index (χ1) is 5.33. The van der Waals surface area contributed by atoms with Crippen LogP contribution >= 0.6 is 0 Å². The van der Waals surface area contributed by atoms with Crippen molar-refractivity contribution in [1.82, 2.24) is 0 Å². The fraction of sp³-hybridized carbons (Fsp3) is 0.900. The minimum absolute atomic E-state index is 0.565. The average molecular weight is 155 g/mol. The van der Waals surface area contributed by atoms with Crippen molar-refractivity contribution < 1.29 is 4.74 Å². The van der Waals surface area contributed by atoms with E-state index in [2.05, 4.69) is 13.8 Å². The molecule has 0 unspecified atom stereocenters. The quantitative estimate of drug-likeness (QED) is 0.555. The Balaban J connectivity index is 2.11. The highest BCUT2D eigenvalue weighted by atomic mass is 16.5. The van der Waals surface area contributed by atoms with E-state index in [0.29, 0.717) is 5.41 Å². The van der Waals surface area contributed by atoms with Crippen molar-refractivity contribution in [3.05, 3.63) is 6.92 Å². The Kier molecular flexibility index (Phi) is 3.38. The van der Waals surface area contributed by atoms with Crippen LogP contribution in [0.4, 0.5) is 0 Å². The maximum atomic E-state index is 5.24. The van der Waals surface area contributed by atoms with Crippen molar-refractivity contribution in [2.24, 2.45) is 5.41 Å². The van der Waals surface area contributed by atoms with Crippen molar-refractivity contribution in [3.8, 4) is 0 Å². The smallest absolute Gasteiger partial charge is 0.0544 e. The van der Waals surface area contributed by atoms with Crippen molar-refractivity contribution in [2.75, 3.05) is 13.2 Å². The van der Waals surface area contributed by atoms with Crippen LogP contribution in [0.25, 0.3) is 0 Å². The first kappa shape index (κ1) is 9.05. The van der Waals surface area contributed by atoms with Crippen molar-refractivity contribution >= 4 is 0 Å². The van der Waals surface area contributed by atoms with Crippen LogP contribution in [0.2, 0.25) is 0 Å². The van der Waals surface area contributed by atoms with Crippen LogP contribution in [0.15, 0.2) is 0 Å². The van der Waals surface area contributed by atoms with Gasteiger partial charge in [-0.05, 0) is 12.8 Å². The molecule has 0 saturated carbocycles. The SMILES string of the molecule is [CH2]CCCCC1(CC)COC1. The van der Waals surface area contributed by atoms with Crippen LogP contribution < -0.4 is 0 Å². The molecule has 1 aliphatic heterocycles. The summed E-state index contributed by atoms with van der Waals surface area (Å²) in [5, 5.41) is 0. The van der Waals surface area contributed by atoms with E-state index < -0.39 is 0 Å². The van der Waals surface area contributed by atoms with Crippen LogP contribution in [-0.4, -0.2) is 13.2 Å². The van der Waals surface area contributed by atoms with Crippen LogP contribution in [-0.2, 0) is 4.74 Å². The molecule has 1 nitrogen and oxygen atoms in total. The number of unbranched alkanes of at least 4 members (excludes halogenated alkanes) is 2. The highest BCUT2D eigenvalue weighted by Gasteiger charge is 2.35. The molecular weight excluding hydrogens is 136 g/mol. The number of ether oxygens (including phenoxy) is 1. The van der Waals surface area contributed by atoms with Gasteiger partial charge < -0.3 is 4.74 Å². The lowest BCUT2D eigenvalue weighted by molar-refractivity contribution is -0.120. The van der Waals surface area contributed by atoms with Crippen LogP contribution in [0.1, 0.15) is 39.0 Å². The Labute approximate surface area is 70.1 Å². The van der Waals surface area contributed by atoms with Gasteiger partial charge in [-0.3, -0.25) is 0 Å². The second kappa shape index (κ2) is 4.10. The van der Waals surface area contributed by atoms with Gasteiger partial charge in [0.25, 0.3) is 0 Å². The molecule has 0 amide bonds. The summed E-state index contributed by atoms with van der Waals surface area (Å²) in [4.78, 5) is 0. The summed E-state index contributed by atoms with van der Waals surface area (Å²) >= 11 is 0. The Hall–Kier alpha value is -0.0400. The van der Waals surface area contributed by atoms with Gasteiger partial charge in [-0.2, -0.15) is 0 Å². The van der Waals surface area contributed by atoms with Crippen molar-refractivity contribution in [2.45, 2.75) is 39.0 Å². The lowest BCUT2D eigenvalue weighted by Crippen LogP contribution is -2.41. The van der Waals surface area contributed by atoms with Gasteiger partial charge in [-0.15, -0.1) is 0 Å². The van der Waals surface area contributed by atoms with E-state index in [9.17, 15) is 0 Å². The predicted octanol–water partition coefficient (Wildman–Crippen LogP) is 2.81. The Morgan fingerprint density at radius 2 is 2.09 bits per heavy atom. The highest BCUT2D eigenvalue weighted by molar-refractivity contribution is 4.83. The summed E-state index contributed by atoms with van der Waals surface area (Å²) < 4.78 is 5.24. The van der Waals surface area contributed by atoms with E-state index in [1.807, 2.05) is 0 Å². The zero-order valence-corrected chi connectivity index (χ0v) is 7.57. The molecule has 0 aromatic carbocycles. The summed E-state index contributed by atoms with van der Waals surface area (Å²) in [6.07, 6.45) is 6.33. The third-order valence-corrected chi connectivity index (χ3v) is 2.77. The van der Waals surface area contributed by atoms with Crippen LogP contribution in [0.5, 0.6) is 0 Å². The molecule has 0 aromatic rings. The van der Waals surface area contributed by atoms with E-state index in [1.54, 1.807) is 0 Å². The van der Waals surface area contributed by atoms with Gasteiger partial charge in [0.2, 0.25) is 0 Å². The minimum atomic E-state index is 0.565. The predicted molar refractivity (Wildman–Crippen MR) is 47.4 cm³/mol. The Morgan fingerprint density at radius 3 is 2.45 bits per heavy atom. The van der Waals surface area contributed by atoms with E-state index in [4.69, 9.17) is 4.74 Å². The number of rotatable bonds is 5. The molecule has 1 aliphatic rings. The van der Waals surface area contributed by atoms with Crippen LogP contribution in [0.3, 0.4) is 0 Å². The lowest BCUT2D eigenvalue weighted by Gasteiger charge is -2.41. The molecule has 1 fully saturated rings. The average Bonchev–Trinajstić information content (AvgIpc) is 1.95. The first-order valence-electron chi connectivity index (χ1n) is 4.70. The number of hydrogen-bond donors (Lipinski definition) is 0. The zero-order chi connectivity index (χ0) is 8.16. The molecule has 1 saturated heterocycles. The summed E-state index contributed by atoms with van der Waals surface area (Å²) in [7, 11) is 0. The normalized spacial score (nSPS) is 21.3. The van der Waals surface area contributed by atoms with Gasteiger partial charge >= 0.3 is 0 Å². The molecular formula is C10H19O. The zero-order valence-electron chi connectivity index (χ0n) is 7.57. The van der Waals surface area contributed by atoms with E-state index in [1.165, 1.54) is 25.7 Å². The maximum Gasteiger partial charge on any atom is 0.0544 e. The minimum Gasteiger partial charge on any atom is -0.380 e. The third kappa shape index (κ3) is 2.19. The van der Waals surface area contributed by atoms with E-state index in [-0.39, 0.29) is 0 Å². The van der Waals surface area contributed by atoms with Gasteiger partial charge in [-0.1, -0.05) is 33.1 Å². The summed E-state index contributed by atoms with van der Waals surface area (Å²) in [6, 6.07) is 0. The molecule has 1 radical (unpaired) electrons. The molecule has 1 rings (SSSR count). The van der Waals surface area contributed by atoms with Gasteiger partial charge in [0, 0.05) is 5.41 Å². The molecule has 0 spiro atoms. The Bertz CT molecular complexity index is 99.9. The molecule has 0 aliphatic carbocycles. The second-order valence-corrected chi connectivity index (χ2v) is 3.66. The van der Waals surface area contributed by atoms with Crippen LogP contribution in [0, 0.1) is 12.3 Å². The molecule has 0 N–H and O–H groups in total. The molecule has 0 bridgehead atoms. The summed E-state index contributed by atoms with van der Waals surface area (Å²) in [6.45, 7) is 8.12. The topological polar surface area (TPSA) is 9.23 Å². The first-order valence-corrected chi connectivity index (χ1v) is 4.70. The molecule has 11 heavy (non-hydrogen) atoms. The Morgan fingerprint density at radius 1 is 1.36 bits per heavy atom. The third-order valence-electron chi connectivity index (χ3n) is 2.77. The maximum absolute atomic E-state index is 5.24. The molecule has 1 heterocycles. The van der Waals surface area contributed by atoms with Gasteiger partial charge in [-0.25, -0.2) is 0 Å². The number of hydrogen-bond acceptors (Lipinski definition) is 1. The molecule has 65 valence electrons. The van der Waals surface area contributed by atoms with Gasteiger partial charge in [0.05, 0.1) is 13.2 Å². The molecule has 0 aromatic heterocycles. The second-order valence-electron chi connectivity index (χ2n) is 3.66. The molecule has 1 heteroatoms. The van der Waals surface area contributed by atoms with E-state index >= 15 is 0 Å². The van der Waals surface area contributed by atoms with Crippen molar-refractivity contribution in [1.29, 1.82) is 0 Å². The van der Waals surface area contributed by atoms with Gasteiger partial charge in [0.1, 0.15) is 0 Å². The molecule has 0 atom stereocenters. The van der Waals surface area contributed by atoms with E-state index in [0.717, 1.165) is 19.6 Å². The monoisotopic (exact) mass is 155 g/mol. The summed E-state index contributed by atoms with van der Waals surface area (Å²) in [5.41, 5.74) is 0.565. The summed E-state index contributed by atoms with van der Waals surface area (Å²) in [5.74, 6) is 0. The fourth-order valence-corrected chi connectivity index (χ4v) is 1.59. The largest absolute Gasteiger partial charge is 0.380 e. The highest BCUT2D eigenvalue weighted by Crippen LogP contribution is 2.36. The standard InChI is InChI=1S/C10H19O/c1-3-5-6-7-10(4-2)8-11-9-10/h1,3-9H2,2H3. The fourth-order valence-electron chi connectivity index (χ4n) is 1.59. The lowest BCUT2D eigenvalue weighted by atomic mass is 9.78. The van der Waals surface area contributed by atoms with Gasteiger partial charge in [0.15, 0.2) is 0 Å². The van der Waals surface area contributed by atoms with Crippen molar-refractivity contribution in [3.63, 3.8) is 0 Å².